The van der Waals surface area contributed by atoms with Crippen LogP contribution in [0.15, 0.2) is 48.7 Å². The van der Waals surface area contributed by atoms with Crippen LogP contribution < -0.4 is 15.5 Å². The summed E-state index contributed by atoms with van der Waals surface area (Å²) in [6, 6.07) is 12.8. The van der Waals surface area contributed by atoms with Crippen LogP contribution in [0, 0.1) is 17.0 Å². The Morgan fingerprint density at radius 1 is 1.13 bits per heavy atom. The molecule has 2 heterocycles. The maximum Gasteiger partial charge on any atom is 0.294 e. The number of nitrogens with one attached hydrogen (secondary N) is 2. The van der Waals surface area contributed by atoms with Gasteiger partial charge in [0.2, 0.25) is 5.95 Å². The number of nitro benzene ring substituents is 1. The lowest BCUT2D eigenvalue weighted by molar-refractivity contribution is -0.384. The van der Waals surface area contributed by atoms with Crippen molar-refractivity contribution in [2.75, 3.05) is 51.5 Å². The van der Waals surface area contributed by atoms with Gasteiger partial charge in [0.1, 0.15) is 11.4 Å². The number of para-hydroxylation sites is 1. The minimum atomic E-state index is -0.380. The van der Waals surface area contributed by atoms with Crippen molar-refractivity contribution >= 4 is 39.8 Å². The number of aryl methyl sites for hydroxylation is 2. The minimum Gasteiger partial charge on any atom is -0.368 e. The van der Waals surface area contributed by atoms with E-state index in [0.29, 0.717) is 34.9 Å². The molecule has 4 aromatic rings. The van der Waals surface area contributed by atoms with Crippen molar-refractivity contribution < 1.29 is 9.72 Å². The average molecular weight is 533 g/mol. The van der Waals surface area contributed by atoms with Gasteiger partial charge in [-0.3, -0.25) is 14.9 Å². The van der Waals surface area contributed by atoms with Gasteiger partial charge in [-0.15, -0.1) is 0 Å². The number of aromatic nitrogens is 3. The molecular formula is C28H36N8O3. The summed E-state index contributed by atoms with van der Waals surface area (Å²) in [7, 11) is 9.21. The second-order valence-corrected chi connectivity index (χ2v) is 9.41. The Balaban J connectivity index is 0.00000420. The van der Waals surface area contributed by atoms with Crippen LogP contribution in [0.2, 0.25) is 0 Å². The van der Waals surface area contributed by atoms with E-state index in [1.165, 1.54) is 6.07 Å². The van der Waals surface area contributed by atoms with Gasteiger partial charge in [0, 0.05) is 63.0 Å². The lowest BCUT2D eigenvalue weighted by Crippen LogP contribution is -2.29. The van der Waals surface area contributed by atoms with E-state index in [4.69, 9.17) is 4.98 Å². The van der Waals surface area contributed by atoms with Crippen LogP contribution in [0.5, 0.6) is 0 Å². The van der Waals surface area contributed by atoms with E-state index >= 15 is 0 Å². The zero-order valence-corrected chi connectivity index (χ0v) is 22.4. The van der Waals surface area contributed by atoms with Gasteiger partial charge in [-0.05, 0) is 44.8 Å². The molecule has 11 heteroatoms. The standard InChI is InChI=1S/C27H32N8O3.CH4/c1-17-15-22(33(5)14-13-32(3)4)23(35(37)38)16-20(17)31-27-29-12-11-19(30-27)24-18-9-7-8-10-21(18)34(6)25(24)26(36)28-2;/h7-12,15-16H,13-14H2,1-6H3,(H,28,36)(H,29,30,31);1H4. The van der Waals surface area contributed by atoms with Gasteiger partial charge in [0.15, 0.2) is 0 Å². The van der Waals surface area contributed by atoms with Crippen molar-refractivity contribution in [1.29, 1.82) is 0 Å². The van der Waals surface area contributed by atoms with Gasteiger partial charge < -0.3 is 25.0 Å². The summed E-state index contributed by atoms with van der Waals surface area (Å²) in [6.07, 6.45) is 1.60. The molecule has 39 heavy (non-hydrogen) atoms. The molecule has 0 spiro atoms. The highest BCUT2D eigenvalue weighted by atomic mass is 16.6. The van der Waals surface area contributed by atoms with Crippen molar-refractivity contribution in [2.45, 2.75) is 14.4 Å². The molecule has 1 amide bonds. The summed E-state index contributed by atoms with van der Waals surface area (Å²) in [5, 5.41) is 18.7. The van der Waals surface area contributed by atoms with E-state index in [1.807, 2.05) is 73.7 Å². The van der Waals surface area contributed by atoms with Crippen LogP contribution >= 0.6 is 0 Å². The first kappa shape index (κ1) is 29.1. The van der Waals surface area contributed by atoms with Crippen LogP contribution in [0.1, 0.15) is 23.5 Å². The highest BCUT2D eigenvalue weighted by Crippen LogP contribution is 2.36. The van der Waals surface area contributed by atoms with Crippen LogP contribution in [0.3, 0.4) is 0 Å². The zero-order chi connectivity index (χ0) is 27.6. The number of fused-ring (bicyclic) bond motifs is 1. The first-order valence-electron chi connectivity index (χ1n) is 12.2. The fourth-order valence-electron chi connectivity index (χ4n) is 4.45. The zero-order valence-electron chi connectivity index (χ0n) is 22.4. The second kappa shape index (κ2) is 11.9. The number of carbonyl (C=O) groups is 1. The van der Waals surface area contributed by atoms with Crippen LogP contribution in [-0.2, 0) is 7.05 Å². The van der Waals surface area contributed by atoms with Crippen LogP contribution in [0.25, 0.3) is 22.2 Å². The molecule has 0 aliphatic heterocycles. The van der Waals surface area contributed by atoms with E-state index in [-0.39, 0.29) is 29.9 Å². The van der Waals surface area contributed by atoms with Crippen molar-refractivity contribution in [3.8, 4) is 11.3 Å². The Morgan fingerprint density at radius 3 is 2.51 bits per heavy atom. The Morgan fingerprint density at radius 2 is 1.85 bits per heavy atom. The molecular weight excluding hydrogens is 496 g/mol. The van der Waals surface area contributed by atoms with Crippen molar-refractivity contribution in [3.05, 3.63) is 70.0 Å². The number of carbonyl (C=O) groups excluding carboxylic acids is 1. The van der Waals surface area contributed by atoms with E-state index < -0.39 is 0 Å². The quantitative estimate of drug-likeness (QED) is 0.237. The summed E-state index contributed by atoms with van der Waals surface area (Å²) in [5.74, 6) is 0.0386. The molecule has 0 atom stereocenters. The molecule has 4 rings (SSSR count). The lowest BCUT2D eigenvalue weighted by atomic mass is 10.1. The third-order valence-corrected chi connectivity index (χ3v) is 6.52. The maximum atomic E-state index is 12.8. The minimum absolute atomic E-state index is 0. The average Bonchev–Trinajstić information content (AvgIpc) is 3.20. The molecule has 2 aromatic carbocycles. The summed E-state index contributed by atoms with van der Waals surface area (Å²) in [5.41, 5.74) is 4.51. The molecule has 2 aromatic heterocycles. The molecule has 0 aliphatic carbocycles. The number of benzene rings is 2. The molecule has 0 aliphatic rings. The van der Waals surface area contributed by atoms with Gasteiger partial charge in [-0.1, -0.05) is 25.6 Å². The van der Waals surface area contributed by atoms with Gasteiger partial charge in [-0.2, -0.15) is 0 Å². The second-order valence-electron chi connectivity index (χ2n) is 9.41. The molecule has 0 saturated carbocycles. The Labute approximate surface area is 228 Å². The molecule has 2 N–H and O–H groups in total. The Hall–Kier alpha value is -4.51. The first-order valence-corrected chi connectivity index (χ1v) is 12.2. The number of amides is 1. The van der Waals surface area contributed by atoms with Gasteiger partial charge in [0.05, 0.1) is 16.3 Å². The number of anilines is 3. The van der Waals surface area contributed by atoms with Gasteiger partial charge in [0.25, 0.3) is 11.6 Å². The number of rotatable bonds is 9. The normalized spacial score (nSPS) is 10.8. The summed E-state index contributed by atoms with van der Waals surface area (Å²) < 4.78 is 1.84. The van der Waals surface area contributed by atoms with E-state index in [0.717, 1.165) is 23.0 Å². The molecule has 0 saturated heterocycles. The smallest absolute Gasteiger partial charge is 0.294 e. The van der Waals surface area contributed by atoms with Crippen molar-refractivity contribution in [2.24, 2.45) is 7.05 Å². The van der Waals surface area contributed by atoms with E-state index in [9.17, 15) is 14.9 Å². The third-order valence-electron chi connectivity index (χ3n) is 6.52. The molecule has 0 fully saturated rings. The summed E-state index contributed by atoms with van der Waals surface area (Å²) in [6.45, 7) is 3.29. The topological polar surface area (TPSA) is 121 Å². The van der Waals surface area contributed by atoms with Gasteiger partial charge in [-0.25, -0.2) is 9.97 Å². The number of nitro groups is 1. The SMILES string of the molecule is C.CNC(=O)c1c(-c2ccnc(Nc3cc([N+](=O)[O-])c(N(C)CCN(C)C)cc3C)n2)c2ccccc2n1C. The van der Waals surface area contributed by atoms with Crippen LogP contribution in [0.4, 0.5) is 23.0 Å². The van der Waals surface area contributed by atoms with Crippen molar-refractivity contribution in [3.63, 3.8) is 0 Å². The lowest BCUT2D eigenvalue weighted by Gasteiger charge is -2.22. The van der Waals surface area contributed by atoms with E-state index in [2.05, 4.69) is 15.6 Å². The van der Waals surface area contributed by atoms with E-state index in [1.54, 1.807) is 25.4 Å². The predicted molar refractivity (Wildman–Crippen MR) is 157 cm³/mol. The summed E-state index contributed by atoms with van der Waals surface area (Å²) >= 11 is 0. The largest absolute Gasteiger partial charge is 0.368 e. The number of hydrogen-bond acceptors (Lipinski definition) is 8. The molecule has 0 radical (unpaired) electrons. The highest BCUT2D eigenvalue weighted by Gasteiger charge is 2.24. The Kier molecular flexibility index (Phi) is 8.87. The number of likely N-dealkylation sites (N-methyl/N-ethyl adjacent to an activating group) is 2. The predicted octanol–water partition coefficient (Wildman–Crippen LogP) is 4.59. The molecule has 0 bridgehead atoms. The molecule has 0 unspecified atom stereocenters. The number of hydrogen-bond donors (Lipinski definition) is 2. The van der Waals surface area contributed by atoms with Crippen molar-refractivity contribution in [1.82, 2.24) is 24.8 Å². The highest BCUT2D eigenvalue weighted by molar-refractivity contribution is 6.09. The molecule has 11 nitrogen and oxygen atoms in total. The number of nitrogens with zero attached hydrogens (tertiary/aromatic N) is 6. The fraction of sp³-hybridized carbons (Fsp3) is 0.321. The summed E-state index contributed by atoms with van der Waals surface area (Å²) in [4.78, 5) is 37.4. The monoisotopic (exact) mass is 532 g/mol. The Bertz CT molecular complexity index is 1510. The van der Waals surface area contributed by atoms with Gasteiger partial charge >= 0.3 is 0 Å². The fourth-order valence-corrected chi connectivity index (χ4v) is 4.45. The third kappa shape index (κ3) is 5.83. The first-order chi connectivity index (χ1) is 18.1. The van der Waals surface area contributed by atoms with Crippen LogP contribution in [-0.4, -0.2) is 71.5 Å². The maximum absolute atomic E-state index is 12.8. The molecule has 206 valence electrons.